The molecule has 1 aromatic heterocycles. The minimum absolute atomic E-state index is 0.0400. The smallest absolute Gasteiger partial charge is 0.291 e. The van der Waals surface area contributed by atoms with Crippen molar-refractivity contribution in [2.75, 3.05) is 5.32 Å². The summed E-state index contributed by atoms with van der Waals surface area (Å²) in [4.78, 5) is 24.6. The average Bonchev–Trinajstić information content (AvgIpc) is 3.11. The Morgan fingerprint density at radius 3 is 2.54 bits per heavy atom. The van der Waals surface area contributed by atoms with Crippen LogP contribution in [0.1, 0.15) is 37.6 Å². The van der Waals surface area contributed by atoms with Gasteiger partial charge >= 0.3 is 0 Å². The molecule has 1 N–H and O–H groups in total. The number of ketones is 1. The molecule has 26 heavy (non-hydrogen) atoms. The number of amides is 1. The highest BCUT2D eigenvalue weighted by Crippen LogP contribution is 2.22. The Morgan fingerprint density at radius 1 is 1.08 bits per heavy atom. The van der Waals surface area contributed by atoms with Crippen molar-refractivity contribution in [3.63, 3.8) is 0 Å². The second-order valence-electron chi connectivity index (χ2n) is 6.16. The van der Waals surface area contributed by atoms with Crippen molar-refractivity contribution in [3.05, 3.63) is 87.8 Å². The zero-order valence-electron chi connectivity index (χ0n) is 14.5. The van der Waals surface area contributed by atoms with Crippen LogP contribution in [0.2, 0.25) is 5.02 Å². The molecule has 0 radical (unpaired) electrons. The van der Waals surface area contributed by atoms with Gasteiger partial charge in [-0.2, -0.15) is 0 Å². The van der Waals surface area contributed by atoms with Crippen LogP contribution in [0.5, 0.6) is 0 Å². The lowest BCUT2D eigenvalue weighted by atomic mass is 10.00. The zero-order chi connectivity index (χ0) is 18.7. The summed E-state index contributed by atoms with van der Waals surface area (Å²) in [5.41, 5.74) is 3.94. The molecule has 132 valence electrons. The van der Waals surface area contributed by atoms with Crippen molar-refractivity contribution in [1.29, 1.82) is 0 Å². The number of nitrogens with one attached hydrogen (secondary N) is 1. The maximum Gasteiger partial charge on any atom is 0.291 e. The van der Waals surface area contributed by atoms with Gasteiger partial charge in [0.2, 0.25) is 0 Å². The number of furan rings is 1. The van der Waals surface area contributed by atoms with E-state index >= 15 is 0 Å². The lowest BCUT2D eigenvalue weighted by molar-refractivity contribution is 0.0986. The summed E-state index contributed by atoms with van der Waals surface area (Å²) in [6.07, 6.45) is 1.70. The van der Waals surface area contributed by atoms with Gasteiger partial charge in [-0.3, -0.25) is 9.59 Å². The Hall–Kier alpha value is -2.85. The summed E-state index contributed by atoms with van der Waals surface area (Å²) in [7, 11) is 0. The second kappa shape index (κ2) is 7.58. The number of rotatable bonds is 5. The lowest BCUT2D eigenvalue weighted by Gasteiger charge is -2.10. The third-order valence-corrected chi connectivity index (χ3v) is 4.39. The Balaban J connectivity index is 1.73. The van der Waals surface area contributed by atoms with E-state index in [1.807, 2.05) is 32.0 Å². The van der Waals surface area contributed by atoms with Gasteiger partial charge < -0.3 is 9.73 Å². The predicted octanol–water partition coefficient (Wildman–Crippen LogP) is 5.23. The third-order valence-electron chi connectivity index (χ3n) is 4.07. The number of benzene rings is 2. The molecule has 0 fully saturated rings. The van der Waals surface area contributed by atoms with E-state index in [0.29, 0.717) is 16.3 Å². The highest BCUT2D eigenvalue weighted by Gasteiger charge is 2.13. The van der Waals surface area contributed by atoms with Crippen molar-refractivity contribution in [2.45, 2.75) is 20.3 Å². The summed E-state index contributed by atoms with van der Waals surface area (Å²) < 4.78 is 5.08. The Bertz CT molecular complexity index is 961. The highest BCUT2D eigenvalue weighted by atomic mass is 35.5. The number of halogens is 1. The third kappa shape index (κ3) is 4.03. The first-order valence-electron chi connectivity index (χ1n) is 8.18. The number of carbonyl (C=O) groups excluding carboxylic acids is 2. The fourth-order valence-corrected chi connectivity index (χ4v) is 3.04. The Kier molecular flexibility index (Phi) is 5.24. The predicted molar refractivity (Wildman–Crippen MR) is 102 cm³/mol. The molecule has 0 unspecified atom stereocenters. The molecule has 0 aliphatic rings. The van der Waals surface area contributed by atoms with Gasteiger partial charge in [0, 0.05) is 17.7 Å². The van der Waals surface area contributed by atoms with Crippen LogP contribution < -0.4 is 5.32 Å². The highest BCUT2D eigenvalue weighted by molar-refractivity contribution is 6.34. The number of anilines is 1. The van der Waals surface area contributed by atoms with Crippen LogP contribution in [0, 0.1) is 13.8 Å². The molecular formula is C21H18ClNO3. The van der Waals surface area contributed by atoms with Gasteiger partial charge in [0.25, 0.3) is 5.91 Å². The van der Waals surface area contributed by atoms with Gasteiger partial charge in [0.15, 0.2) is 11.5 Å². The van der Waals surface area contributed by atoms with Crippen LogP contribution in [0.4, 0.5) is 5.69 Å². The van der Waals surface area contributed by atoms with Crippen LogP contribution in [0.3, 0.4) is 0 Å². The van der Waals surface area contributed by atoms with Gasteiger partial charge in [0.1, 0.15) is 0 Å². The van der Waals surface area contributed by atoms with Crippen LogP contribution in [0.15, 0.2) is 59.2 Å². The van der Waals surface area contributed by atoms with Crippen molar-refractivity contribution in [3.8, 4) is 0 Å². The molecule has 1 amide bonds. The molecule has 4 nitrogen and oxygen atoms in total. The second-order valence-corrected chi connectivity index (χ2v) is 6.57. The summed E-state index contributed by atoms with van der Waals surface area (Å²) in [6, 6.07) is 14.2. The fourth-order valence-electron chi connectivity index (χ4n) is 2.69. The summed E-state index contributed by atoms with van der Waals surface area (Å²) in [5.74, 6) is -0.104. The molecule has 0 saturated carbocycles. The Morgan fingerprint density at radius 2 is 1.88 bits per heavy atom. The number of hydrogen-bond acceptors (Lipinski definition) is 3. The number of hydrogen-bond donors (Lipinski definition) is 1. The first-order chi connectivity index (χ1) is 12.4. The fraction of sp³-hybridized carbons (Fsp3) is 0.143. The molecule has 0 aliphatic heterocycles. The molecule has 0 atom stereocenters. The number of Topliss-reactive ketones (excluding diaryl/α,β-unsaturated/α-hetero) is 1. The quantitative estimate of drug-likeness (QED) is 0.628. The van der Waals surface area contributed by atoms with E-state index in [1.165, 1.54) is 6.26 Å². The summed E-state index contributed by atoms with van der Waals surface area (Å²) >= 11 is 6.18. The van der Waals surface area contributed by atoms with Crippen LogP contribution in [-0.4, -0.2) is 11.7 Å². The Labute approximate surface area is 156 Å². The van der Waals surface area contributed by atoms with Gasteiger partial charge in [-0.1, -0.05) is 29.8 Å². The van der Waals surface area contributed by atoms with Crippen molar-refractivity contribution in [2.24, 2.45) is 0 Å². The van der Waals surface area contributed by atoms with Gasteiger partial charge in [0.05, 0.1) is 11.3 Å². The minimum Gasteiger partial charge on any atom is -0.459 e. The molecule has 5 heteroatoms. The summed E-state index contributed by atoms with van der Waals surface area (Å²) in [5, 5.41) is 3.27. The molecule has 3 rings (SSSR count). The molecule has 0 bridgehead atoms. The first-order valence-corrected chi connectivity index (χ1v) is 8.55. The molecule has 0 saturated heterocycles. The molecule has 3 aromatic rings. The minimum atomic E-state index is -0.312. The molecule has 2 aromatic carbocycles. The monoisotopic (exact) mass is 367 g/mol. The normalized spacial score (nSPS) is 10.6. The van der Waals surface area contributed by atoms with E-state index in [1.54, 1.807) is 30.3 Å². The molecule has 0 spiro atoms. The number of aryl methyl sites for hydroxylation is 2. The topological polar surface area (TPSA) is 59.3 Å². The van der Waals surface area contributed by atoms with Crippen LogP contribution in [-0.2, 0) is 6.42 Å². The van der Waals surface area contributed by atoms with E-state index in [9.17, 15) is 9.59 Å². The van der Waals surface area contributed by atoms with Gasteiger partial charge in [-0.25, -0.2) is 0 Å². The van der Waals surface area contributed by atoms with E-state index in [2.05, 4.69) is 5.32 Å². The lowest BCUT2D eigenvalue weighted by Crippen LogP contribution is -2.12. The van der Waals surface area contributed by atoms with Crippen molar-refractivity contribution >= 4 is 29.0 Å². The SMILES string of the molecule is Cc1ccc(C(=O)Cc2ccc(NC(=O)c3ccco3)c(C)c2)c(Cl)c1. The average molecular weight is 368 g/mol. The standard InChI is InChI=1S/C21H18ClNO3/c1-13-5-7-16(17(22)10-13)19(24)12-15-6-8-18(14(2)11-15)23-21(25)20-4-3-9-26-20/h3-11H,12H2,1-2H3,(H,23,25). The van der Waals surface area contributed by atoms with E-state index in [-0.39, 0.29) is 23.9 Å². The number of carbonyl (C=O) groups is 2. The van der Waals surface area contributed by atoms with Gasteiger partial charge in [-0.05, 0) is 60.9 Å². The van der Waals surface area contributed by atoms with E-state index in [0.717, 1.165) is 16.7 Å². The van der Waals surface area contributed by atoms with E-state index < -0.39 is 0 Å². The van der Waals surface area contributed by atoms with Crippen molar-refractivity contribution in [1.82, 2.24) is 0 Å². The van der Waals surface area contributed by atoms with Crippen LogP contribution >= 0.6 is 11.6 Å². The first kappa shape index (κ1) is 18.0. The van der Waals surface area contributed by atoms with Crippen LogP contribution in [0.25, 0.3) is 0 Å². The van der Waals surface area contributed by atoms with Crippen molar-refractivity contribution < 1.29 is 14.0 Å². The molecule has 0 aliphatic carbocycles. The largest absolute Gasteiger partial charge is 0.459 e. The maximum atomic E-state index is 12.5. The molecule has 1 heterocycles. The van der Waals surface area contributed by atoms with Gasteiger partial charge in [-0.15, -0.1) is 0 Å². The maximum absolute atomic E-state index is 12.5. The summed E-state index contributed by atoms with van der Waals surface area (Å²) in [6.45, 7) is 3.81. The zero-order valence-corrected chi connectivity index (χ0v) is 15.3. The van der Waals surface area contributed by atoms with E-state index in [4.69, 9.17) is 16.0 Å². The molecular weight excluding hydrogens is 350 g/mol.